The van der Waals surface area contributed by atoms with E-state index in [1.807, 2.05) is 22.1 Å². The summed E-state index contributed by atoms with van der Waals surface area (Å²) in [5, 5.41) is 11.2. The fourth-order valence-corrected chi connectivity index (χ4v) is 3.45. The lowest BCUT2D eigenvalue weighted by atomic mass is 10.3. The highest BCUT2D eigenvalue weighted by Gasteiger charge is 2.24. The van der Waals surface area contributed by atoms with Crippen molar-refractivity contribution in [1.29, 1.82) is 0 Å². The summed E-state index contributed by atoms with van der Waals surface area (Å²) in [6.45, 7) is 2.73. The number of hydrogen-bond donors (Lipinski definition) is 2. The average molecular weight is 339 g/mol. The first kappa shape index (κ1) is 16.2. The fourth-order valence-electron chi connectivity index (χ4n) is 2.86. The van der Waals surface area contributed by atoms with Gasteiger partial charge in [0, 0.05) is 45.2 Å². The van der Waals surface area contributed by atoms with Crippen LogP contribution in [0.4, 0.5) is 5.82 Å². The van der Waals surface area contributed by atoms with Gasteiger partial charge in [-0.15, -0.1) is 0 Å². The van der Waals surface area contributed by atoms with E-state index >= 15 is 0 Å². The molecule has 3 heterocycles. The van der Waals surface area contributed by atoms with Crippen LogP contribution >= 0.6 is 0 Å². The predicted octanol–water partition coefficient (Wildman–Crippen LogP) is -0.515. The van der Waals surface area contributed by atoms with Gasteiger partial charge in [-0.1, -0.05) is 0 Å². The Morgan fingerprint density at radius 3 is 2.96 bits per heavy atom. The number of fused-ring (bicyclic) bond motifs is 1. The van der Waals surface area contributed by atoms with Crippen molar-refractivity contribution in [3.63, 3.8) is 0 Å². The highest BCUT2D eigenvalue weighted by atomic mass is 32.2. The summed E-state index contributed by atoms with van der Waals surface area (Å²) in [6.07, 6.45) is 4.00. The molecule has 2 aromatic rings. The van der Waals surface area contributed by atoms with Crippen molar-refractivity contribution in [2.24, 2.45) is 0 Å². The van der Waals surface area contributed by atoms with Gasteiger partial charge < -0.3 is 15.0 Å². The van der Waals surface area contributed by atoms with Gasteiger partial charge in [-0.05, 0) is 6.07 Å². The number of aliphatic hydroxyl groups excluding tert-OH is 1. The number of anilines is 1. The van der Waals surface area contributed by atoms with E-state index in [9.17, 15) is 13.5 Å². The Hall–Kier alpha value is -1.71. The molecular formula is C14H21N5O3S. The van der Waals surface area contributed by atoms with Crippen LogP contribution in [0.25, 0.3) is 11.0 Å². The van der Waals surface area contributed by atoms with Gasteiger partial charge in [0.2, 0.25) is 0 Å². The molecule has 126 valence electrons. The van der Waals surface area contributed by atoms with Crippen molar-refractivity contribution in [3.05, 3.63) is 18.6 Å². The second kappa shape index (κ2) is 6.42. The molecule has 0 spiro atoms. The van der Waals surface area contributed by atoms with Crippen LogP contribution in [-0.2, 0) is 9.84 Å². The Balaban J connectivity index is 1.74. The molecule has 0 bridgehead atoms. The quantitative estimate of drug-likeness (QED) is 0.773. The van der Waals surface area contributed by atoms with E-state index in [1.165, 1.54) is 12.6 Å². The van der Waals surface area contributed by atoms with Gasteiger partial charge in [0.1, 0.15) is 27.6 Å². The first-order valence-corrected chi connectivity index (χ1v) is 9.59. The number of sulfone groups is 1. The van der Waals surface area contributed by atoms with Gasteiger partial charge in [-0.25, -0.2) is 18.4 Å². The molecule has 2 aromatic heterocycles. The van der Waals surface area contributed by atoms with Crippen molar-refractivity contribution >= 4 is 26.7 Å². The van der Waals surface area contributed by atoms with Crippen LogP contribution in [0.3, 0.4) is 0 Å². The third kappa shape index (κ3) is 3.98. The van der Waals surface area contributed by atoms with Crippen molar-refractivity contribution < 1.29 is 13.5 Å². The van der Waals surface area contributed by atoms with E-state index in [1.54, 1.807) is 0 Å². The summed E-state index contributed by atoms with van der Waals surface area (Å²) in [6, 6.07) is 1.92. The lowest BCUT2D eigenvalue weighted by Crippen LogP contribution is -2.36. The minimum Gasteiger partial charge on any atom is -0.390 e. The number of nitrogens with one attached hydrogen (secondary N) is 1. The largest absolute Gasteiger partial charge is 0.390 e. The molecule has 1 aliphatic rings. The van der Waals surface area contributed by atoms with Crippen LogP contribution in [0.1, 0.15) is 0 Å². The average Bonchev–Trinajstić information content (AvgIpc) is 2.88. The molecule has 1 fully saturated rings. The van der Waals surface area contributed by atoms with Crippen LogP contribution < -0.4 is 4.90 Å². The molecule has 9 heteroatoms. The van der Waals surface area contributed by atoms with Gasteiger partial charge in [0.25, 0.3) is 0 Å². The maximum atomic E-state index is 11.3. The minimum absolute atomic E-state index is 0.106. The summed E-state index contributed by atoms with van der Waals surface area (Å²) in [7, 11) is -3.00. The van der Waals surface area contributed by atoms with Crippen molar-refractivity contribution in [3.8, 4) is 0 Å². The van der Waals surface area contributed by atoms with Crippen molar-refractivity contribution in [1.82, 2.24) is 19.9 Å². The number of rotatable bonds is 4. The Labute approximate surface area is 135 Å². The Bertz CT molecular complexity index is 776. The summed E-state index contributed by atoms with van der Waals surface area (Å²) >= 11 is 0. The minimum atomic E-state index is -3.00. The zero-order valence-corrected chi connectivity index (χ0v) is 13.8. The lowest BCUT2D eigenvalue weighted by Gasteiger charge is -2.23. The number of aliphatic hydroxyl groups is 1. The molecule has 8 nitrogen and oxygen atoms in total. The van der Waals surface area contributed by atoms with Crippen LogP contribution in [0.2, 0.25) is 0 Å². The first-order valence-electron chi connectivity index (χ1n) is 7.53. The third-order valence-electron chi connectivity index (χ3n) is 4.00. The van der Waals surface area contributed by atoms with Crippen LogP contribution in [0, 0.1) is 0 Å². The van der Waals surface area contributed by atoms with Crippen molar-refractivity contribution in [2.75, 3.05) is 49.6 Å². The zero-order chi connectivity index (χ0) is 16.4. The van der Waals surface area contributed by atoms with E-state index in [4.69, 9.17) is 0 Å². The number of hydrogen-bond acceptors (Lipinski definition) is 7. The van der Waals surface area contributed by atoms with E-state index in [0.717, 1.165) is 16.9 Å². The summed E-state index contributed by atoms with van der Waals surface area (Å²) in [4.78, 5) is 15.6. The number of aromatic amines is 1. The first-order chi connectivity index (χ1) is 10.9. The highest BCUT2D eigenvalue weighted by Crippen LogP contribution is 2.23. The molecule has 0 radical (unpaired) electrons. The van der Waals surface area contributed by atoms with Gasteiger partial charge in [-0.3, -0.25) is 4.90 Å². The van der Waals surface area contributed by atoms with Gasteiger partial charge in [0.15, 0.2) is 0 Å². The Morgan fingerprint density at radius 2 is 2.17 bits per heavy atom. The standard InChI is InChI=1S/C14H21N5O3S/c1-23(21,22)7-6-18-4-5-19(9-11(20)8-18)14-12-2-3-15-13(12)16-10-17-14/h2-3,10-11,20H,4-9H2,1H3,(H,15,16,17). The smallest absolute Gasteiger partial charge is 0.148 e. The summed E-state index contributed by atoms with van der Waals surface area (Å²) in [5.74, 6) is 0.898. The second-order valence-electron chi connectivity index (χ2n) is 5.97. The molecule has 2 N–H and O–H groups in total. The molecule has 1 unspecified atom stereocenters. The molecule has 1 aliphatic heterocycles. The summed E-state index contributed by atoms with van der Waals surface area (Å²) in [5.41, 5.74) is 0.766. The molecule has 3 rings (SSSR count). The molecule has 0 aliphatic carbocycles. The molecule has 0 saturated carbocycles. The molecular weight excluding hydrogens is 318 g/mol. The fraction of sp³-hybridized carbons (Fsp3) is 0.571. The van der Waals surface area contributed by atoms with Crippen molar-refractivity contribution in [2.45, 2.75) is 6.10 Å². The molecule has 0 aromatic carbocycles. The predicted molar refractivity (Wildman–Crippen MR) is 88.3 cm³/mol. The Morgan fingerprint density at radius 1 is 1.35 bits per heavy atom. The number of β-amino-alcohol motifs (C(OH)–C–C–N with tert-alkyl or cyclic N) is 1. The third-order valence-corrected chi connectivity index (χ3v) is 4.92. The topological polar surface area (TPSA) is 102 Å². The van der Waals surface area contributed by atoms with Gasteiger partial charge in [0.05, 0.1) is 17.2 Å². The maximum absolute atomic E-state index is 11.3. The monoisotopic (exact) mass is 339 g/mol. The van der Waals surface area contributed by atoms with Gasteiger partial charge >= 0.3 is 0 Å². The van der Waals surface area contributed by atoms with E-state index in [0.29, 0.717) is 32.7 Å². The number of H-pyrrole nitrogens is 1. The molecule has 1 saturated heterocycles. The van der Waals surface area contributed by atoms with E-state index in [-0.39, 0.29) is 5.75 Å². The molecule has 1 atom stereocenters. The van der Waals surface area contributed by atoms with E-state index < -0.39 is 15.9 Å². The molecule has 23 heavy (non-hydrogen) atoms. The van der Waals surface area contributed by atoms with E-state index in [2.05, 4.69) is 15.0 Å². The molecule has 0 amide bonds. The SMILES string of the molecule is CS(=O)(=O)CCN1CCN(c2ncnc3[nH]ccc23)CC(O)C1. The maximum Gasteiger partial charge on any atom is 0.148 e. The van der Waals surface area contributed by atoms with Crippen LogP contribution in [0.5, 0.6) is 0 Å². The normalized spacial score (nSPS) is 20.8. The van der Waals surface area contributed by atoms with Gasteiger partial charge in [-0.2, -0.15) is 0 Å². The number of aromatic nitrogens is 3. The zero-order valence-electron chi connectivity index (χ0n) is 13.0. The number of nitrogens with zero attached hydrogens (tertiary/aromatic N) is 4. The Kier molecular flexibility index (Phi) is 4.51. The highest BCUT2D eigenvalue weighted by molar-refractivity contribution is 7.90. The summed E-state index contributed by atoms with van der Waals surface area (Å²) < 4.78 is 22.6. The second-order valence-corrected chi connectivity index (χ2v) is 8.23. The lowest BCUT2D eigenvalue weighted by molar-refractivity contribution is 0.136. The van der Waals surface area contributed by atoms with Crippen LogP contribution in [-0.4, -0.2) is 84.2 Å². The van der Waals surface area contributed by atoms with Crippen LogP contribution in [0.15, 0.2) is 18.6 Å².